The van der Waals surface area contributed by atoms with Gasteiger partial charge < -0.3 is 4.57 Å². The SMILES string of the molecule is Fc1ccccc1-c1cc(-c2ccc3c(c2)c2cc(-c4cc(-c5ccccc5F)cc(-c5ccccc5F)c4)ccc2n3-c2ccccc2-c2cc(C(F)(F)F)cc(C(F)(F)F)c2)cc(-c2ccccc2F)c1. The van der Waals surface area contributed by atoms with E-state index in [2.05, 4.69) is 0 Å². The van der Waals surface area contributed by atoms with E-state index in [4.69, 9.17) is 0 Å². The molecular formula is C62H35F10N. The fraction of sp³-hybridized carbons (Fsp3) is 0.0323. The molecule has 0 amide bonds. The van der Waals surface area contributed by atoms with Crippen molar-refractivity contribution in [1.82, 2.24) is 4.57 Å². The Balaban J connectivity index is 1.19. The Morgan fingerprint density at radius 1 is 0.260 bits per heavy atom. The molecule has 1 heterocycles. The first-order chi connectivity index (χ1) is 35.1. The highest BCUT2D eigenvalue weighted by atomic mass is 19.4. The molecule has 1 nitrogen and oxygen atoms in total. The van der Waals surface area contributed by atoms with Crippen molar-refractivity contribution in [3.8, 4) is 83.6 Å². The van der Waals surface area contributed by atoms with Crippen LogP contribution in [0, 0.1) is 23.3 Å². The lowest BCUT2D eigenvalue weighted by Crippen LogP contribution is -2.11. The Labute approximate surface area is 411 Å². The molecule has 0 N–H and O–H groups in total. The van der Waals surface area contributed by atoms with Crippen LogP contribution >= 0.6 is 0 Å². The number of fused-ring (bicyclic) bond motifs is 3. The van der Waals surface area contributed by atoms with Gasteiger partial charge in [-0.1, -0.05) is 103 Å². The highest BCUT2D eigenvalue weighted by molar-refractivity contribution is 6.12. The number of hydrogen-bond acceptors (Lipinski definition) is 0. The molecule has 11 rings (SSSR count). The van der Waals surface area contributed by atoms with Crippen LogP contribution in [0.5, 0.6) is 0 Å². The Morgan fingerprint density at radius 2 is 0.562 bits per heavy atom. The summed E-state index contributed by atoms with van der Waals surface area (Å²) in [5.41, 5.74) is 3.44. The predicted octanol–water partition coefficient (Wildman–Crippen LogP) is 19.0. The molecule has 0 saturated heterocycles. The van der Waals surface area contributed by atoms with E-state index in [1.165, 1.54) is 36.4 Å². The van der Waals surface area contributed by atoms with E-state index < -0.39 is 46.7 Å². The van der Waals surface area contributed by atoms with Crippen LogP contribution in [0.2, 0.25) is 0 Å². The first-order valence-electron chi connectivity index (χ1n) is 22.9. The van der Waals surface area contributed by atoms with Gasteiger partial charge in [-0.15, -0.1) is 0 Å². The molecule has 11 aromatic rings. The number of alkyl halides is 6. The van der Waals surface area contributed by atoms with Crippen molar-refractivity contribution in [2.75, 3.05) is 0 Å². The third-order valence-electron chi connectivity index (χ3n) is 13.1. The van der Waals surface area contributed by atoms with Crippen LogP contribution in [-0.4, -0.2) is 4.57 Å². The Hall–Kier alpha value is -8.70. The number of hydrogen-bond donors (Lipinski definition) is 0. The van der Waals surface area contributed by atoms with Gasteiger partial charge >= 0.3 is 12.4 Å². The third-order valence-corrected chi connectivity index (χ3v) is 13.1. The Bertz CT molecular complexity index is 3600. The van der Waals surface area contributed by atoms with E-state index in [9.17, 15) is 26.3 Å². The van der Waals surface area contributed by atoms with Gasteiger partial charge in [-0.2, -0.15) is 26.3 Å². The number of para-hydroxylation sites is 1. The summed E-state index contributed by atoms with van der Waals surface area (Å²) in [4.78, 5) is 0. The molecule has 0 atom stereocenters. The van der Waals surface area contributed by atoms with Gasteiger partial charge in [-0.3, -0.25) is 0 Å². The predicted molar refractivity (Wildman–Crippen MR) is 269 cm³/mol. The molecule has 0 saturated carbocycles. The van der Waals surface area contributed by atoms with Gasteiger partial charge in [0.05, 0.1) is 27.8 Å². The van der Waals surface area contributed by atoms with Crippen molar-refractivity contribution in [3.05, 3.63) is 247 Å². The van der Waals surface area contributed by atoms with Crippen molar-refractivity contribution in [1.29, 1.82) is 0 Å². The number of nitrogens with zero attached hydrogens (tertiary/aromatic N) is 1. The lowest BCUT2D eigenvalue weighted by Gasteiger charge is -2.18. The van der Waals surface area contributed by atoms with Crippen molar-refractivity contribution >= 4 is 21.8 Å². The van der Waals surface area contributed by atoms with Crippen LogP contribution in [0.3, 0.4) is 0 Å². The Kier molecular flexibility index (Phi) is 11.6. The first kappa shape index (κ1) is 46.7. The quantitative estimate of drug-likeness (QED) is 0.134. The zero-order valence-corrected chi connectivity index (χ0v) is 37.9. The van der Waals surface area contributed by atoms with Crippen LogP contribution in [0.1, 0.15) is 11.1 Å². The van der Waals surface area contributed by atoms with Gasteiger partial charge in [-0.05, 0) is 159 Å². The summed E-state index contributed by atoms with van der Waals surface area (Å²) in [7, 11) is 0. The average Bonchev–Trinajstić information content (AvgIpc) is 3.71. The average molecular weight is 984 g/mol. The molecule has 0 fully saturated rings. The fourth-order valence-electron chi connectivity index (χ4n) is 9.66. The summed E-state index contributed by atoms with van der Waals surface area (Å²) in [5.74, 6) is -1.98. The molecule has 10 aromatic carbocycles. The van der Waals surface area contributed by atoms with Crippen LogP contribution in [0.25, 0.3) is 105 Å². The smallest absolute Gasteiger partial charge is 0.309 e. The van der Waals surface area contributed by atoms with Crippen LogP contribution in [-0.2, 0) is 12.4 Å². The largest absolute Gasteiger partial charge is 0.416 e. The third kappa shape index (κ3) is 8.81. The van der Waals surface area contributed by atoms with Crippen molar-refractivity contribution in [3.63, 3.8) is 0 Å². The van der Waals surface area contributed by atoms with E-state index in [1.807, 2.05) is 12.1 Å². The standard InChI is InChI=1S/C62H35F10N/c63-54-16-6-1-11-47(54)40-25-38(26-41(29-40)48-12-2-7-17-55(48)64)36-21-23-59-52(33-36)53-34-37(39-27-42(49-13-3-8-18-56(49)65)30-43(28-39)50-14-4-9-19-57(50)66)22-24-60(53)73(59)58-20-10-5-15-51(58)44-31-45(61(67,68)69)35-46(32-44)62(70,71)72/h1-35H. The fourth-order valence-corrected chi connectivity index (χ4v) is 9.66. The van der Waals surface area contributed by atoms with Gasteiger partial charge in [0.25, 0.3) is 0 Å². The van der Waals surface area contributed by atoms with Gasteiger partial charge in [0, 0.05) is 38.6 Å². The minimum absolute atomic E-state index is 0.0743. The molecule has 0 radical (unpaired) electrons. The molecule has 11 heteroatoms. The van der Waals surface area contributed by atoms with Crippen molar-refractivity contribution < 1.29 is 43.9 Å². The number of rotatable bonds is 8. The summed E-state index contributed by atoms with van der Waals surface area (Å²) in [6.45, 7) is 0. The second-order valence-corrected chi connectivity index (χ2v) is 17.6. The van der Waals surface area contributed by atoms with E-state index in [0.717, 1.165) is 0 Å². The van der Waals surface area contributed by atoms with Crippen LogP contribution < -0.4 is 0 Å². The van der Waals surface area contributed by atoms with Gasteiger partial charge in [0.15, 0.2) is 0 Å². The van der Waals surface area contributed by atoms with Crippen LogP contribution in [0.15, 0.2) is 212 Å². The molecule has 0 bridgehead atoms. The van der Waals surface area contributed by atoms with Gasteiger partial charge in [-0.25, -0.2) is 17.6 Å². The van der Waals surface area contributed by atoms with Crippen molar-refractivity contribution in [2.45, 2.75) is 12.4 Å². The molecule has 0 unspecified atom stereocenters. The monoisotopic (exact) mass is 983 g/mol. The second-order valence-electron chi connectivity index (χ2n) is 17.6. The van der Waals surface area contributed by atoms with Crippen LogP contribution in [0.4, 0.5) is 43.9 Å². The van der Waals surface area contributed by atoms with E-state index in [1.54, 1.807) is 150 Å². The number of benzene rings is 10. The topological polar surface area (TPSA) is 4.93 Å². The van der Waals surface area contributed by atoms with E-state index >= 15 is 17.6 Å². The molecular weight excluding hydrogens is 949 g/mol. The summed E-state index contributed by atoms with van der Waals surface area (Å²) >= 11 is 0. The minimum atomic E-state index is -5.10. The number of aromatic nitrogens is 1. The summed E-state index contributed by atoms with van der Waals surface area (Å²) in [6.07, 6.45) is -10.2. The molecule has 0 aliphatic carbocycles. The van der Waals surface area contributed by atoms with Gasteiger partial charge in [0.2, 0.25) is 0 Å². The zero-order valence-electron chi connectivity index (χ0n) is 37.9. The molecule has 0 aliphatic heterocycles. The lowest BCUT2D eigenvalue weighted by atomic mass is 9.91. The highest BCUT2D eigenvalue weighted by Gasteiger charge is 2.37. The molecule has 1 aromatic heterocycles. The Morgan fingerprint density at radius 3 is 0.904 bits per heavy atom. The molecule has 358 valence electrons. The maximum absolute atomic E-state index is 15.5. The minimum Gasteiger partial charge on any atom is -0.309 e. The maximum Gasteiger partial charge on any atom is 0.416 e. The maximum atomic E-state index is 15.5. The molecule has 0 spiro atoms. The summed E-state index contributed by atoms with van der Waals surface area (Å²) in [5, 5.41) is 1.18. The second kappa shape index (κ2) is 18.2. The van der Waals surface area contributed by atoms with E-state index in [-0.39, 0.29) is 45.1 Å². The van der Waals surface area contributed by atoms with Gasteiger partial charge in [0.1, 0.15) is 23.3 Å². The molecule has 73 heavy (non-hydrogen) atoms. The van der Waals surface area contributed by atoms with E-state index in [0.29, 0.717) is 78.4 Å². The first-order valence-corrected chi connectivity index (χ1v) is 22.9. The number of halogens is 10. The summed E-state index contributed by atoms with van der Waals surface area (Å²) < 4.78 is 150. The molecule has 0 aliphatic rings. The zero-order chi connectivity index (χ0) is 50.8. The lowest BCUT2D eigenvalue weighted by molar-refractivity contribution is -0.143. The normalized spacial score (nSPS) is 12.0. The van der Waals surface area contributed by atoms with Crippen molar-refractivity contribution in [2.24, 2.45) is 0 Å². The summed E-state index contributed by atoms with van der Waals surface area (Å²) in [6, 6.07) is 54.0. The highest BCUT2D eigenvalue weighted by Crippen LogP contribution is 2.45.